The number of alkyl halides is 3. The molecule has 0 atom stereocenters. The van der Waals surface area contributed by atoms with Crippen LogP contribution in [0.1, 0.15) is 11.1 Å². The third-order valence-electron chi connectivity index (χ3n) is 3.58. The van der Waals surface area contributed by atoms with E-state index >= 15 is 0 Å². The number of rotatable bonds is 5. The van der Waals surface area contributed by atoms with Crippen molar-refractivity contribution in [1.82, 2.24) is 19.5 Å². The van der Waals surface area contributed by atoms with Crippen molar-refractivity contribution in [2.24, 2.45) is 0 Å². The molecule has 10 heteroatoms. The largest absolute Gasteiger partial charge is 0.416 e. The quantitative estimate of drug-likeness (QED) is 0.736. The predicted molar refractivity (Wildman–Crippen MR) is 86.8 cm³/mol. The van der Waals surface area contributed by atoms with Crippen LogP contribution in [0.5, 0.6) is 0 Å². The molecule has 2 aromatic carbocycles. The van der Waals surface area contributed by atoms with Crippen molar-refractivity contribution in [3.05, 3.63) is 72.3 Å². The Labute approximate surface area is 147 Å². The molecule has 6 nitrogen and oxygen atoms in total. The van der Waals surface area contributed by atoms with Gasteiger partial charge in [0.1, 0.15) is 12.7 Å². The Morgan fingerprint density at radius 2 is 1.65 bits per heavy atom. The highest BCUT2D eigenvalue weighted by Crippen LogP contribution is 2.29. The van der Waals surface area contributed by atoms with Gasteiger partial charge >= 0.3 is 6.18 Å². The highest BCUT2D eigenvalue weighted by atomic mass is 32.2. The highest BCUT2D eigenvalue weighted by molar-refractivity contribution is 7.89. The van der Waals surface area contributed by atoms with Crippen LogP contribution in [0.4, 0.5) is 13.2 Å². The maximum atomic E-state index is 12.5. The van der Waals surface area contributed by atoms with Crippen LogP contribution in [-0.4, -0.2) is 23.2 Å². The van der Waals surface area contributed by atoms with Gasteiger partial charge in [0.2, 0.25) is 10.0 Å². The molecule has 136 valence electrons. The maximum Gasteiger partial charge on any atom is 0.416 e. The van der Waals surface area contributed by atoms with E-state index < -0.39 is 21.8 Å². The molecule has 0 bridgehead atoms. The van der Waals surface area contributed by atoms with Gasteiger partial charge in [-0.1, -0.05) is 12.1 Å². The summed E-state index contributed by atoms with van der Waals surface area (Å²) >= 11 is 0. The Morgan fingerprint density at radius 1 is 1.00 bits per heavy atom. The van der Waals surface area contributed by atoms with Crippen molar-refractivity contribution >= 4 is 10.0 Å². The van der Waals surface area contributed by atoms with E-state index in [1.165, 1.54) is 12.7 Å². The number of sulfonamides is 1. The zero-order valence-electron chi connectivity index (χ0n) is 13.2. The molecule has 26 heavy (non-hydrogen) atoms. The summed E-state index contributed by atoms with van der Waals surface area (Å²) in [5, 5.41) is 3.98. The Balaban J connectivity index is 1.68. The summed E-state index contributed by atoms with van der Waals surface area (Å²) in [6.45, 7) is 0.000985. The van der Waals surface area contributed by atoms with Gasteiger partial charge in [-0.3, -0.25) is 0 Å². The van der Waals surface area contributed by atoms with Gasteiger partial charge in [-0.15, -0.1) is 0 Å². The topological polar surface area (TPSA) is 76.9 Å². The van der Waals surface area contributed by atoms with E-state index in [4.69, 9.17) is 0 Å². The van der Waals surface area contributed by atoms with Gasteiger partial charge in [-0.05, 0) is 42.0 Å². The van der Waals surface area contributed by atoms with Gasteiger partial charge in [-0.25, -0.2) is 22.8 Å². The normalized spacial score (nSPS) is 12.3. The number of halogens is 3. The molecular weight excluding hydrogens is 369 g/mol. The Bertz CT molecular complexity index is 968. The average Bonchev–Trinajstić information content (AvgIpc) is 3.14. The molecule has 0 aliphatic rings. The van der Waals surface area contributed by atoms with E-state index in [0.29, 0.717) is 5.56 Å². The van der Waals surface area contributed by atoms with Crippen LogP contribution in [-0.2, 0) is 22.7 Å². The fourth-order valence-electron chi connectivity index (χ4n) is 2.19. The predicted octanol–water partition coefficient (Wildman–Crippen LogP) is 2.76. The monoisotopic (exact) mass is 382 g/mol. The number of hydrogen-bond donors (Lipinski definition) is 1. The number of nitrogens with one attached hydrogen (secondary N) is 1. The molecule has 0 unspecified atom stereocenters. The van der Waals surface area contributed by atoms with Crippen molar-refractivity contribution in [2.75, 3.05) is 0 Å². The summed E-state index contributed by atoms with van der Waals surface area (Å²) in [6, 6.07) is 10.3. The van der Waals surface area contributed by atoms with Crippen LogP contribution in [0.2, 0.25) is 0 Å². The van der Waals surface area contributed by atoms with Crippen LogP contribution < -0.4 is 4.72 Å². The maximum absolute atomic E-state index is 12.5. The molecule has 1 heterocycles. The summed E-state index contributed by atoms with van der Waals surface area (Å²) in [5.41, 5.74) is 0.543. The van der Waals surface area contributed by atoms with E-state index in [9.17, 15) is 21.6 Å². The highest BCUT2D eigenvalue weighted by Gasteiger charge is 2.30. The first kappa shape index (κ1) is 18.1. The molecule has 0 amide bonds. The summed E-state index contributed by atoms with van der Waals surface area (Å²) in [5.74, 6) is 0. The molecule has 0 radical (unpaired) electrons. The average molecular weight is 382 g/mol. The second-order valence-electron chi connectivity index (χ2n) is 5.35. The second-order valence-corrected chi connectivity index (χ2v) is 7.12. The van der Waals surface area contributed by atoms with Crippen LogP contribution in [0, 0.1) is 0 Å². The van der Waals surface area contributed by atoms with Crippen molar-refractivity contribution in [1.29, 1.82) is 0 Å². The standard InChI is InChI=1S/C16H13F3N4O2S/c17-16(18,19)13-3-7-15(8-4-13)26(24,25)22-9-12-1-5-14(6-2-12)23-11-20-10-21-23/h1-8,10-11,22H,9H2. The Morgan fingerprint density at radius 3 is 2.19 bits per heavy atom. The zero-order valence-corrected chi connectivity index (χ0v) is 14.0. The van der Waals surface area contributed by atoms with E-state index in [0.717, 1.165) is 30.0 Å². The van der Waals surface area contributed by atoms with Gasteiger partial charge in [0, 0.05) is 6.54 Å². The molecule has 3 aromatic rings. The van der Waals surface area contributed by atoms with Gasteiger partial charge in [-0.2, -0.15) is 18.3 Å². The molecule has 1 aromatic heterocycles. The molecule has 0 aliphatic heterocycles. The summed E-state index contributed by atoms with van der Waals surface area (Å²) < 4.78 is 66.0. The first-order chi connectivity index (χ1) is 12.3. The van der Waals surface area contributed by atoms with Gasteiger partial charge < -0.3 is 0 Å². The Kier molecular flexibility index (Phi) is 4.79. The van der Waals surface area contributed by atoms with Gasteiger partial charge in [0.05, 0.1) is 16.1 Å². The van der Waals surface area contributed by atoms with E-state index in [-0.39, 0.29) is 11.4 Å². The van der Waals surface area contributed by atoms with Crippen LogP contribution in [0.3, 0.4) is 0 Å². The molecule has 1 N–H and O–H groups in total. The van der Waals surface area contributed by atoms with Crippen LogP contribution in [0.15, 0.2) is 66.1 Å². The lowest BCUT2D eigenvalue weighted by atomic mass is 10.2. The van der Waals surface area contributed by atoms with Crippen molar-refractivity contribution in [3.63, 3.8) is 0 Å². The molecule has 0 aliphatic carbocycles. The Hall–Kier alpha value is -2.72. The number of nitrogens with zero attached hydrogens (tertiary/aromatic N) is 3. The lowest BCUT2D eigenvalue weighted by molar-refractivity contribution is -0.137. The van der Waals surface area contributed by atoms with Crippen molar-refractivity contribution in [2.45, 2.75) is 17.6 Å². The SMILES string of the molecule is O=S(=O)(NCc1ccc(-n2cncn2)cc1)c1ccc(C(F)(F)F)cc1. The number of benzene rings is 2. The lowest BCUT2D eigenvalue weighted by Gasteiger charge is -2.10. The summed E-state index contributed by atoms with van der Waals surface area (Å²) in [7, 11) is -3.92. The minimum absolute atomic E-state index is 0.000985. The zero-order chi connectivity index (χ0) is 18.8. The number of hydrogen-bond acceptors (Lipinski definition) is 4. The molecule has 0 saturated heterocycles. The third kappa shape index (κ3) is 4.09. The second kappa shape index (κ2) is 6.89. The summed E-state index contributed by atoms with van der Waals surface area (Å²) in [6.07, 6.45) is -1.59. The van der Waals surface area contributed by atoms with E-state index in [1.807, 2.05) is 0 Å². The number of aromatic nitrogens is 3. The smallest absolute Gasteiger partial charge is 0.223 e. The molecule has 3 rings (SSSR count). The van der Waals surface area contributed by atoms with Crippen molar-refractivity contribution < 1.29 is 21.6 Å². The lowest BCUT2D eigenvalue weighted by Crippen LogP contribution is -2.23. The first-order valence-electron chi connectivity index (χ1n) is 7.36. The van der Waals surface area contributed by atoms with E-state index in [2.05, 4.69) is 14.8 Å². The van der Waals surface area contributed by atoms with Crippen molar-refractivity contribution in [3.8, 4) is 5.69 Å². The first-order valence-corrected chi connectivity index (χ1v) is 8.85. The van der Waals surface area contributed by atoms with Gasteiger partial charge in [0.15, 0.2) is 0 Å². The molecule has 0 fully saturated rings. The van der Waals surface area contributed by atoms with Crippen LogP contribution >= 0.6 is 0 Å². The molecule has 0 saturated carbocycles. The fraction of sp³-hybridized carbons (Fsp3) is 0.125. The van der Waals surface area contributed by atoms with Crippen LogP contribution in [0.25, 0.3) is 5.69 Å². The third-order valence-corrected chi connectivity index (χ3v) is 5.00. The molecular formula is C16H13F3N4O2S. The van der Waals surface area contributed by atoms with Gasteiger partial charge in [0.25, 0.3) is 0 Å². The van der Waals surface area contributed by atoms with E-state index in [1.54, 1.807) is 28.9 Å². The fourth-order valence-corrected chi connectivity index (χ4v) is 3.21. The summed E-state index contributed by atoms with van der Waals surface area (Å²) in [4.78, 5) is 3.60. The minimum Gasteiger partial charge on any atom is -0.223 e. The molecule has 0 spiro atoms. The minimum atomic E-state index is -4.51.